The number of carbonyl (C=O) groups is 2. The molecule has 1 saturated carbocycles. The maximum absolute atomic E-state index is 12.6. The molecule has 1 spiro atoms. The van der Waals surface area contributed by atoms with Crippen molar-refractivity contribution in [1.29, 1.82) is 0 Å². The van der Waals surface area contributed by atoms with Gasteiger partial charge in [-0.25, -0.2) is 18.7 Å². The number of nitrogens with one attached hydrogen (secondary N) is 3. The van der Waals surface area contributed by atoms with E-state index in [0.29, 0.717) is 34.4 Å². The van der Waals surface area contributed by atoms with Gasteiger partial charge in [0.25, 0.3) is 5.91 Å². The quantitative estimate of drug-likeness (QED) is 0.539. The molecule has 3 amide bonds. The van der Waals surface area contributed by atoms with Crippen molar-refractivity contribution < 1.29 is 18.2 Å². The van der Waals surface area contributed by atoms with Crippen molar-refractivity contribution in [2.24, 2.45) is 5.92 Å². The van der Waals surface area contributed by atoms with Gasteiger partial charge in [0.05, 0.1) is 6.20 Å². The largest absolute Gasteiger partial charge is 0.454 e. The summed E-state index contributed by atoms with van der Waals surface area (Å²) in [5, 5.41) is 6.72. The first-order chi connectivity index (χ1) is 14.0. The Labute approximate surface area is 172 Å². The van der Waals surface area contributed by atoms with Crippen LogP contribution < -0.4 is 15.4 Å². The minimum Gasteiger partial charge on any atom is -0.454 e. The number of urea groups is 1. The van der Waals surface area contributed by atoms with Gasteiger partial charge in [-0.15, -0.1) is 11.3 Å². The molecule has 5 rings (SSSR count). The first-order valence-electron chi connectivity index (χ1n) is 9.26. The highest BCUT2D eigenvalue weighted by molar-refractivity contribution is 7.85. The third-order valence-electron chi connectivity index (χ3n) is 5.44. The minimum atomic E-state index is -1.40. The zero-order chi connectivity index (χ0) is 20.0. The predicted octanol–water partition coefficient (Wildman–Crippen LogP) is 2.55. The summed E-state index contributed by atoms with van der Waals surface area (Å²) in [6.07, 6.45) is 3.52. The van der Waals surface area contributed by atoms with Crippen LogP contribution in [0.25, 0.3) is 21.7 Å². The van der Waals surface area contributed by atoms with Gasteiger partial charge < -0.3 is 9.73 Å². The zero-order valence-corrected chi connectivity index (χ0v) is 16.9. The molecule has 3 aromatic rings. The van der Waals surface area contributed by atoms with E-state index in [1.807, 2.05) is 30.3 Å². The third kappa shape index (κ3) is 3.37. The number of thiazole rings is 1. The summed E-state index contributed by atoms with van der Waals surface area (Å²) in [6, 6.07) is 9.21. The van der Waals surface area contributed by atoms with Crippen molar-refractivity contribution in [2.75, 3.05) is 6.54 Å². The predicted molar refractivity (Wildman–Crippen MR) is 108 cm³/mol. The van der Waals surface area contributed by atoms with Crippen LogP contribution in [0, 0.1) is 5.92 Å². The number of imide groups is 1. The van der Waals surface area contributed by atoms with Crippen LogP contribution in [0.1, 0.15) is 19.3 Å². The maximum Gasteiger partial charge on any atom is 0.322 e. The highest BCUT2D eigenvalue weighted by atomic mass is 32.2. The number of carbonyl (C=O) groups excluding carboxylic acids is 2. The van der Waals surface area contributed by atoms with Gasteiger partial charge >= 0.3 is 6.03 Å². The number of nitrogens with zero attached hydrogens (tertiary/aromatic N) is 1. The SMILES string of the molecule is O=C1NC(=O)C2(CCC(CNS(=O)c3cnc(-c4cc5ccccc5o4)s3)C2)N1. The highest BCUT2D eigenvalue weighted by Crippen LogP contribution is 2.36. The summed E-state index contributed by atoms with van der Waals surface area (Å²) in [5.74, 6) is 0.551. The van der Waals surface area contributed by atoms with E-state index < -0.39 is 22.6 Å². The van der Waals surface area contributed by atoms with E-state index in [1.54, 1.807) is 6.20 Å². The van der Waals surface area contributed by atoms with Crippen molar-refractivity contribution >= 4 is 45.2 Å². The minimum absolute atomic E-state index is 0.158. The van der Waals surface area contributed by atoms with Crippen molar-refractivity contribution in [3.8, 4) is 10.8 Å². The van der Waals surface area contributed by atoms with Crippen LogP contribution in [0.15, 0.2) is 45.2 Å². The smallest absolute Gasteiger partial charge is 0.322 e. The molecule has 3 heterocycles. The Hall–Kier alpha value is -2.56. The Morgan fingerprint density at radius 2 is 2.21 bits per heavy atom. The van der Waals surface area contributed by atoms with E-state index in [9.17, 15) is 13.8 Å². The maximum atomic E-state index is 12.6. The molecule has 2 fully saturated rings. The Morgan fingerprint density at radius 1 is 1.34 bits per heavy atom. The molecule has 0 bridgehead atoms. The van der Waals surface area contributed by atoms with Gasteiger partial charge in [0.1, 0.15) is 26.3 Å². The molecule has 2 aliphatic rings. The summed E-state index contributed by atoms with van der Waals surface area (Å²) in [4.78, 5) is 27.8. The van der Waals surface area contributed by atoms with E-state index in [1.165, 1.54) is 11.3 Å². The second kappa shape index (κ2) is 7.05. The molecule has 1 aliphatic carbocycles. The summed E-state index contributed by atoms with van der Waals surface area (Å²) < 4.78 is 22.1. The Bertz CT molecular complexity index is 1110. The molecule has 10 heteroatoms. The Balaban J connectivity index is 1.22. The fraction of sp³-hybridized carbons (Fsp3) is 0.316. The standard InChI is InChI=1S/C19H18N4O4S2/c24-17-19(23-18(25)22-17)6-5-11(8-19)9-21-29(26)15-10-20-16(28-15)14-7-12-3-1-2-4-13(12)27-14/h1-4,7,10-11,21H,5-6,8-9H2,(H2,22,23,24,25). The van der Waals surface area contributed by atoms with Crippen LogP contribution in [-0.2, 0) is 15.8 Å². The number of para-hydroxylation sites is 1. The summed E-state index contributed by atoms with van der Waals surface area (Å²) in [5.41, 5.74) is -0.0131. The van der Waals surface area contributed by atoms with Crippen LogP contribution in [0.3, 0.4) is 0 Å². The second-order valence-electron chi connectivity index (χ2n) is 7.35. The lowest BCUT2D eigenvalue weighted by molar-refractivity contribution is -0.123. The molecule has 8 nitrogen and oxygen atoms in total. The normalized spacial score (nSPS) is 24.9. The molecule has 1 aromatic carbocycles. The van der Waals surface area contributed by atoms with Crippen LogP contribution in [-0.4, -0.2) is 33.2 Å². The Morgan fingerprint density at radius 3 is 3.00 bits per heavy atom. The second-order valence-corrected chi connectivity index (χ2v) is 9.90. The number of hydrogen-bond acceptors (Lipinski definition) is 6. The average molecular weight is 431 g/mol. The molecule has 3 N–H and O–H groups in total. The zero-order valence-electron chi connectivity index (χ0n) is 15.3. The molecule has 2 aromatic heterocycles. The molecule has 1 saturated heterocycles. The number of rotatable bonds is 5. The molecular formula is C19H18N4O4S2. The monoisotopic (exact) mass is 430 g/mol. The van der Waals surface area contributed by atoms with Gasteiger partial charge in [-0.05, 0) is 37.3 Å². The van der Waals surface area contributed by atoms with E-state index >= 15 is 0 Å². The number of fused-ring (bicyclic) bond motifs is 1. The van der Waals surface area contributed by atoms with Crippen molar-refractivity contribution in [1.82, 2.24) is 20.3 Å². The number of benzene rings is 1. The third-order valence-corrected chi connectivity index (χ3v) is 7.85. The van der Waals surface area contributed by atoms with Crippen molar-refractivity contribution in [2.45, 2.75) is 29.0 Å². The number of furan rings is 1. The van der Waals surface area contributed by atoms with Crippen LogP contribution in [0.2, 0.25) is 0 Å². The lowest BCUT2D eigenvalue weighted by Crippen LogP contribution is -2.44. The van der Waals surface area contributed by atoms with E-state index in [2.05, 4.69) is 20.3 Å². The van der Waals surface area contributed by atoms with Crippen LogP contribution in [0.5, 0.6) is 0 Å². The lowest BCUT2D eigenvalue weighted by Gasteiger charge is -2.19. The van der Waals surface area contributed by atoms with Gasteiger partial charge in [0, 0.05) is 11.9 Å². The van der Waals surface area contributed by atoms with Gasteiger partial charge in [-0.2, -0.15) is 0 Å². The van der Waals surface area contributed by atoms with Gasteiger partial charge in [0.15, 0.2) is 10.8 Å². The lowest BCUT2D eigenvalue weighted by atomic mass is 9.96. The molecule has 0 radical (unpaired) electrons. The molecule has 150 valence electrons. The molecule has 3 unspecified atom stereocenters. The van der Waals surface area contributed by atoms with Gasteiger partial charge in [-0.3, -0.25) is 10.1 Å². The first-order valence-corrected chi connectivity index (χ1v) is 11.2. The molecule has 29 heavy (non-hydrogen) atoms. The number of amides is 3. The van der Waals surface area contributed by atoms with Crippen LogP contribution >= 0.6 is 11.3 Å². The number of aromatic nitrogens is 1. The Kier molecular flexibility index (Phi) is 4.49. The van der Waals surface area contributed by atoms with Gasteiger partial charge in [-0.1, -0.05) is 18.2 Å². The summed E-state index contributed by atoms with van der Waals surface area (Å²) in [7, 11) is -1.40. The van der Waals surface area contributed by atoms with E-state index in [4.69, 9.17) is 4.42 Å². The topological polar surface area (TPSA) is 113 Å². The average Bonchev–Trinajstić information content (AvgIpc) is 3.46. The molecule has 3 atom stereocenters. The summed E-state index contributed by atoms with van der Waals surface area (Å²) >= 11 is 1.32. The van der Waals surface area contributed by atoms with E-state index in [0.717, 1.165) is 17.4 Å². The van der Waals surface area contributed by atoms with Gasteiger partial charge in [0.2, 0.25) is 0 Å². The van der Waals surface area contributed by atoms with E-state index in [-0.39, 0.29) is 11.8 Å². The first kappa shape index (κ1) is 18.5. The summed E-state index contributed by atoms with van der Waals surface area (Å²) in [6.45, 7) is 0.495. The highest BCUT2D eigenvalue weighted by Gasteiger charge is 2.50. The number of hydrogen-bond donors (Lipinski definition) is 3. The van der Waals surface area contributed by atoms with Crippen LogP contribution in [0.4, 0.5) is 4.79 Å². The molecule has 1 aliphatic heterocycles. The van der Waals surface area contributed by atoms with Crippen molar-refractivity contribution in [3.05, 3.63) is 36.5 Å². The fourth-order valence-electron chi connectivity index (χ4n) is 3.98. The van der Waals surface area contributed by atoms with Crippen molar-refractivity contribution in [3.63, 3.8) is 0 Å². The molecular weight excluding hydrogens is 412 g/mol. The fourth-order valence-corrected chi connectivity index (χ4v) is 5.98.